The zero-order valence-electron chi connectivity index (χ0n) is 10.8. The number of rotatable bonds is 5. The average molecular weight is 313 g/mol. The van der Waals surface area contributed by atoms with Gasteiger partial charge in [-0.15, -0.1) is 10.2 Å². The van der Waals surface area contributed by atoms with Crippen LogP contribution in [0.25, 0.3) is 0 Å². The van der Waals surface area contributed by atoms with Crippen LogP contribution < -0.4 is 4.90 Å². The van der Waals surface area contributed by atoms with Crippen molar-refractivity contribution in [3.05, 3.63) is 35.1 Å². The van der Waals surface area contributed by atoms with E-state index in [0.29, 0.717) is 15.7 Å². The number of aromatic nitrogens is 2. The number of thioether (sulfide) groups is 1. The van der Waals surface area contributed by atoms with E-state index in [0.717, 1.165) is 11.2 Å². The molecule has 5 nitrogen and oxygen atoms in total. The molecule has 8 heteroatoms. The molecule has 0 aliphatic rings. The lowest BCUT2D eigenvalue weighted by atomic mass is 10.1. The molecule has 2 rings (SSSR count). The van der Waals surface area contributed by atoms with Gasteiger partial charge in [0.15, 0.2) is 4.34 Å². The number of carbonyl (C=O) groups is 1. The lowest BCUT2D eigenvalue weighted by Crippen LogP contribution is -2.07. The molecule has 1 N–H and O–H groups in total. The molecule has 1 aromatic heterocycles. The average Bonchev–Trinajstić information content (AvgIpc) is 2.85. The van der Waals surface area contributed by atoms with Crippen LogP contribution in [-0.2, 0) is 5.75 Å². The molecule has 1 heterocycles. The van der Waals surface area contributed by atoms with Crippen molar-refractivity contribution in [1.82, 2.24) is 10.2 Å². The molecule has 106 valence electrons. The molecule has 1 aromatic carbocycles. The number of aromatic carboxylic acids is 1. The van der Waals surface area contributed by atoms with Gasteiger partial charge in [0.1, 0.15) is 5.82 Å². The highest BCUT2D eigenvalue weighted by Gasteiger charge is 2.13. The lowest BCUT2D eigenvalue weighted by molar-refractivity contribution is 0.0696. The van der Waals surface area contributed by atoms with Gasteiger partial charge >= 0.3 is 5.97 Å². The SMILES string of the molecule is CN(C)c1nnc(SCc2cc(F)ccc2C(=O)O)s1. The van der Waals surface area contributed by atoms with E-state index in [4.69, 9.17) is 5.11 Å². The van der Waals surface area contributed by atoms with Gasteiger partial charge in [0.25, 0.3) is 0 Å². The second-order valence-electron chi connectivity index (χ2n) is 4.14. The van der Waals surface area contributed by atoms with Gasteiger partial charge in [-0.1, -0.05) is 23.1 Å². The number of anilines is 1. The molecule has 0 atom stereocenters. The van der Waals surface area contributed by atoms with Gasteiger partial charge < -0.3 is 10.0 Å². The summed E-state index contributed by atoms with van der Waals surface area (Å²) in [5, 5.41) is 17.8. The molecule has 0 spiro atoms. The third kappa shape index (κ3) is 3.45. The van der Waals surface area contributed by atoms with Crippen molar-refractivity contribution in [3.63, 3.8) is 0 Å². The quantitative estimate of drug-likeness (QED) is 0.856. The van der Waals surface area contributed by atoms with Gasteiger partial charge in [0, 0.05) is 19.8 Å². The fourth-order valence-electron chi connectivity index (χ4n) is 1.47. The van der Waals surface area contributed by atoms with Crippen LogP contribution in [-0.4, -0.2) is 35.4 Å². The molecule has 0 amide bonds. The molecule has 0 radical (unpaired) electrons. The van der Waals surface area contributed by atoms with Crippen molar-refractivity contribution in [2.24, 2.45) is 0 Å². The van der Waals surface area contributed by atoms with Crippen molar-refractivity contribution in [2.45, 2.75) is 10.1 Å². The molecule has 0 aliphatic heterocycles. The summed E-state index contributed by atoms with van der Waals surface area (Å²) in [6.45, 7) is 0. The van der Waals surface area contributed by atoms with E-state index in [2.05, 4.69) is 10.2 Å². The van der Waals surface area contributed by atoms with Gasteiger partial charge in [0.2, 0.25) is 5.13 Å². The summed E-state index contributed by atoms with van der Waals surface area (Å²) in [6, 6.07) is 3.66. The van der Waals surface area contributed by atoms with Gasteiger partial charge in [-0.25, -0.2) is 9.18 Å². The Hall–Kier alpha value is -1.67. The first kappa shape index (κ1) is 14.7. The summed E-state index contributed by atoms with van der Waals surface area (Å²) >= 11 is 2.74. The smallest absolute Gasteiger partial charge is 0.335 e. The van der Waals surface area contributed by atoms with Crippen LogP contribution in [0.15, 0.2) is 22.5 Å². The van der Waals surface area contributed by atoms with Crippen molar-refractivity contribution < 1.29 is 14.3 Å². The molecule has 0 saturated heterocycles. The predicted octanol–water partition coefficient (Wildman–Crippen LogP) is 2.73. The summed E-state index contributed by atoms with van der Waals surface area (Å²) in [6.07, 6.45) is 0. The molecule has 0 aliphatic carbocycles. The van der Waals surface area contributed by atoms with E-state index in [-0.39, 0.29) is 5.56 Å². The molecule has 0 unspecified atom stereocenters. The number of hydrogen-bond acceptors (Lipinski definition) is 6. The maximum Gasteiger partial charge on any atom is 0.335 e. The zero-order chi connectivity index (χ0) is 14.7. The first-order valence-electron chi connectivity index (χ1n) is 5.62. The fourth-order valence-corrected chi connectivity index (χ4v) is 3.23. The fraction of sp³-hybridized carbons (Fsp3) is 0.250. The predicted molar refractivity (Wildman–Crippen MR) is 77.2 cm³/mol. The molecule has 0 saturated carbocycles. The largest absolute Gasteiger partial charge is 0.478 e. The summed E-state index contributed by atoms with van der Waals surface area (Å²) < 4.78 is 13.9. The number of carboxylic acids is 1. The maximum absolute atomic E-state index is 13.2. The van der Waals surface area contributed by atoms with Crippen LogP contribution in [0.3, 0.4) is 0 Å². The van der Waals surface area contributed by atoms with Gasteiger partial charge in [-0.3, -0.25) is 0 Å². The van der Waals surface area contributed by atoms with Crippen molar-refractivity contribution in [1.29, 1.82) is 0 Å². The van der Waals surface area contributed by atoms with E-state index >= 15 is 0 Å². The number of hydrogen-bond donors (Lipinski definition) is 1. The Labute approximate surface area is 123 Å². The minimum absolute atomic E-state index is 0.108. The zero-order valence-corrected chi connectivity index (χ0v) is 12.5. The Morgan fingerprint density at radius 3 is 2.80 bits per heavy atom. The Balaban J connectivity index is 2.13. The highest BCUT2D eigenvalue weighted by atomic mass is 32.2. The number of carboxylic acid groups (broad SMARTS) is 1. The number of nitrogens with zero attached hydrogens (tertiary/aromatic N) is 3. The Bertz CT molecular complexity index is 631. The summed E-state index contributed by atoms with van der Waals surface area (Å²) in [7, 11) is 3.73. The van der Waals surface area contributed by atoms with E-state index in [1.165, 1.54) is 35.2 Å². The Kier molecular flexibility index (Phi) is 4.56. The summed E-state index contributed by atoms with van der Waals surface area (Å²) in [5.74, 6) is -1.18. The first-order valence-corrected chi connectivity index (χ1v) is 7.43. The van der Waals surface area contributed by atoms with Crippen LogP contribution in [0.4, 0.5) is 9.52 Å². The monoisotopic (exact) mass is 313 g/mol. The van der Waals surface area contributed by atoms with Gasteiger partial charge in [-0.2, -0.15) is 0 Å². The van der Waals surface area contributed by atoms with Crippen LogP contribution in [0.2, 0.25) is 0 Å². The Morgan fingerprint density at radius 2 is 2.20 bits per heavy atom. The highest BCUT2D eigenvalue weighted by Crippen LogP contribution is 2.30. The topological polar surface area (TPSA) is 66.3 Å². The van der Waals surface area contributed by atoms with Crippen molar-refractivity contribution >= 4 is 34.2 Å². The molecular formula is C12H12FN3O2S2. The summed E-state index contributed by atoms with van der Waals surface area (Å²) in [5.41, 5.74) is 0.542. The molecular weight excluding hydrogens is 301 g/mol. The Morgan fingerprint density at radius 1 is 1.45 bits per heavy atom. The third-order valence-electron chi connectivity index (χ3n) is 2.43. The lowest BCUT2D eigenvalue weighted by Gasteiger charge is -2.05. The molecule has 2 aromatic rings. The van der Waals surface area contributed by atoms with E-state index in [1.807, 2.05) is 19.0 Å². The van der Waals surface area contributed by atoms with Crippen LogP contribution >= 0.6 is 23.1 Å². The maximum atomic E-state index is 13.2. The third-order valence-corrected chi connectivity index (χ3v) is 4.70. The van der Waals surface area contributed by atoms with Gasteiger partial charge in [0.05, 0.1) is 5.56 Å². The summed E-state index contributed by atoms with van der Waals surface area (Å²) in [4.78, 5) is 12.9. The molecule has 0 fully saturated rings. The van der Waals surface area contributed by atoms with Crippen LogP contribution in [0.5, 0.6) is 0 Å². The minimum Gasteiger partial charge on any atom is -0.478 e. The van der Waals surface area contributed by atoms with E-state index < -0.39 is 11.8 Å². The van der Waals surface area contributed by atoms with Crippen molar-refractivity contribution in [3.8, 4) is 0 Å². The standard InChI is InChI=1S/C12H12FN3O2S2/c1-16(2)11-14-15-12(20-11)19-6-7-5-8(13)3-4-9(7)10(17)18/h3-5H,6H2,1-2H3,(H,17,18). The number of halogens is 1. The minimum atomic E-state index is -1.06. The number of benzene rings is 1. The van der Waals surface area contributed by atoms with Crippen molar-refractivity contribution in [2.75, 3.05) is 19.0 Å². The molecule has 0 bridgehead atoms. The first-order chi connectivity index (χ1) is 9.47. The van der Waals surface area contributed by atoms with E-state index in [1.54, 1.807) is 0 Å². The van der Waals surface area contributed by atoms with E-state index in [9.17, 15) is 9.18 Å². The van der Waals surface area contributed by atoms with Crippen LogP contribution in [0.1, 0.15) is 15.9 Å². The van der Waals surface area contributed by atoms with Gasteiger partial charge in [-0.05, 0) is 23.8 Å². The highest BCUT2D eigenvalue weighted by molar-refractivity contribution is 8.00. The second-order valence-corrected chi connectivity index (χ2v) is 6.32. The molecule has 20 heavy (non-hydrogen) atoms. The normalized spacial score (nSPS) is 10.6. The second kappa shape index (κ2) is 6.19. The van der Waals surface area contributed by atoms with Crippen LogP contribution in [0, 0.1) is 5.82 Å².